The maximum Gasteiger partial charge on any atom is 0.314 e. The van der Waals surface area contributed by atoms with Crippen LogP contribution in [0.3, 0.4) is 0 Å². The zero-order valence-corrected chi connectivity index (χ0v) is 14.3. The van der Waals surface area contributed by atoms with Crippen LogP contribution in [-0.2, 0) is 19.1 Å². The summed E-state index contributed by atoms with van der Waals surface area (Å²) >= 11 is 0. The molecule has 1 aromatic carbocycles. The van der Waals surface area contributed by atoms with Crippen molar-refractivity contribution < 1.29 is 19.1 Å². The quantitative estimate of drug-likeness (QED) is 0.761. The maximum atomic E-state index is 12.7. The van der Waals surface area contributed by atoms with Crippen molar-refractivity contribution in [3.8, 4) is 0 Å². The van der Waals surface area contributed by atoms with E-state index in [1.54, 1.807) is 0 Å². The van der Waals surface area contributed by atoms with Crippen molar-refractivity contribution >= 4 is 11.9 Å². The molecule has 3 N–H and O–H groups in total. The predicted molar refractivity (Wildman–Crippen MR) is 90.5 cm³/mol. The lowest BCUT2D eigenvalue weighted by Crippen LogP contribution is -2.50. The van der Waals surface area contributed by atoms with Gasteiger partial charge in [0.2, 0.25) is 5.91 Å². The summed E-state index contributed by atoms with van der Waals surface area (Å²) in [7, 11) is 1.35. The zero-order chi connectivity index (χ0) is 17.6. The Morgan fingerprint density at radius 2 is 1.92 bits per heavy atom. The average molecular weight is 334 g/mol. The van der Waals surface area contributed by atoms with Crippen molar-refractivity contribution in [2.24, 2.45) is 11.1 Å². The molecule has 0 bridgehead atoms. The van der Waals surface area contributed by atoms with E-state index in [2.05, 4.69) is 5.32 Å². The summed E-state index contributed by atoms with van der Waals surface area (Å²) in [4.78, 5) is 24.8. The SMILES string of the molecule is COC(=O)C(CNC(=O)C1(CN)CCOCC1)c1ccc(C)cc1. The second-order valence-electron chi connectivity index (χ2n) is 6.29. The Morgan fingerprint density at radius 3 is 2.46 bits per heavy atom. The first-order chi connectivity index (χ1) is 11.5. The fourth-order valence-corrected chi connectivity index (χ4v) is 2.95. The molecule has 0 saturated carbocycles. The van der Waals surface area contributed by atoms with Crippen LogP contribution in [0.4, 0.5) is 0 Å². The second-order valence-corrected chi connectivity index (χ2v) is 6.29. The highest BCUT2D eigenvalue weighted by atomic mass is 16.5. The standard InChI is InChI=1S/C18H26N2O4/c1-13-3-5-14(6-4-13)15(16(21)23-2)11-20-17(22)18(12-19)7-9-24-10-8-18/h3-6,15H,7-12,19H2,1-2H3,(H,20,22). The van der Waals surface area contributed by atoms with E-state index in [0.717, 1.165) is 11.1 Å². The molecule has 0 spiro atoms. The summed E-state index contributed by atoms with van der Waals surface area (Å²) in [6.07, 6.45) is 1.20. The molecule has 6 nitrogen and oxygen atoms in total. The van der Waals surface area contributed by atoms with Crippen molar-refractivity contribution in [2.45, 2.75) is 25.7 Å². The second kappa shape index (κ2) is 8.26. The maximum absolute atomic E-state index is 12.7. The van der Waals surface area contributed by atoms with E-state index in [1.807, 2.05) is 31.2 Å². The zero-order valence-electron chi connectivity index (χ0n) is 14.3. The van der Waals surface area contributed by atoms with Crippen LogP contribution in [0.25, 0.3) is 0 Å². The minimum Gasteiger partial charge on any atom is -0.468 e. The Bertz CT molecular complexity index is 565. The molecule has 1 saturated heterocycles. The normalized spacial score (nSPS) is 17.8. The monoisotopic (exact) mass is 334 g/mol. The van der Waals surface area contributed by atoms with Crippen LogP contribution < -0.4 is 11.1 Å². The van der Waals surface area contributed by atoms with E-state index in [0.29, 0.717) is 26.1 Å². The Morgan fingerprint density at radius 1 is 1.29 bits per heavy atom. The van der Waals surface area contributed by atoms with Gasteiger partial charge in [0.1, 0.15) is 0 Å². The Balaban J connectivity index is 2.08. The van der Waals surface area contributed by atoms with Gasteiger partial charge in [-0.1, -0.05) is 29.8 Å². The molecule has 1 aromatic rings. The number of nitrogens with two attached hydrogens (primary N) is 1. The van der Waals surface area contributed by atoms with Crippen LogP contribution in [-0.4, -0.2) is 45.3 Å². The molecular weight excluding hydrogens is 308 g/mol. The molecule has 0 aromatic heterocycles. The number of amides is 1. The third kappa shape index (κ3) is 4.13. The Kier molecular flexibility index (Phi) is 6.34. The number of ether oxygens (including phenoxy) is 2. The first-order valence-corrected chi connectivity index (χ1v) is 8.23. The molecule has 0 radical (unpaired) electrons. The minimum atomic E-state index is -0.605. The molecule has 24 heavy (non-hydrogen) atoms. The number of methoxy groups -OCH3 is 1. The lowest BCUT2D eigenvalue weighted by atomic mass is 9.79. The number of hydrogen-bond donors (Lipinski definition) is 2. The summed E-state index contributed by atoms with van der Waals surface area (Å²) < 4.78 is 10.2. The van der Waals surface area contributed by atoms with Gasteiger partial charge in [-0.25, -0.2) is 0 Å². The van der Waals surface area contributed by atoms with E-state index in [-0.39, 0.29) is 25.0 Å². The van der Waals surface area contributed by atoms with Gasteiger partial charge >= 0.3 is 5.97 Å². The van der Waals surface area contributed by atoms with Crippen molar-refractivity contribution in [3.63, 3.8) is 0 Å². The third-order valence-corrected chi connectivity index (χ3v) is 4.75. The highest BCUT2D eigenvalue weighted by molar-refractivity contribution is 5.84. The van der Waals surface area contributed by atoms with Gasteiger partial charge in [0.15, 0.2) is 0 Å². The van der Waals surface area contributed by atoms with Gasteiger partial charge in [0.05, 0.1) is 18.4 Å². The van der Waals surface area contributed by atoms with E-state index >= 15 is 0 Å². The molecule has 1 amide bonds. The number of aryl methyl sites for hydroxylation is 1. The van der Waals surface area contributed by atoms with E-state index in [9.17, 15) is 9.59 Å². The first-order valence-electron chi connectivity index (χ1n) is 8.23. The lowest BCUT2D eigenvalue weighted by Gasteiger charge is -2.34. The van der Waals surface area contributed by atoms with Gasteiger partial charge < -0.3 is 20.5 Å². The largest absolute Gasteiger partial charge is 0.468 e. The predicted octanol–water partition coefficient (Wildman–Crippen LogP) is 1.12. The summed E-state index contributed by atoms with van der Waals surface area (Å²) in [6.45, 7) is 3.51. The Labute approximate surface area is 142 Å². The summed E-state index contributed by atoms with van der Waals surface area (Å²) in [6, 6.07) is 7.65. The molecule has 1 aliphatic heterocycles. The highest BCUT2D eigenvalue weighted by Gasteiger charge is 2.39. The average Bonchev–Trinajstić information content (AvgIpc) is 2.63. The van der Waals surface area contributed by atoms with Crippen molar-refractivity contribution in [3.05, 3.63) is 35.4 Å². The topological polar surface area (TPSA) is 90.7 Å². The fourth-order valence-electron chi connectivity index (χ4n) is 2.95. The number of hydrogen-bond acceptors (Lipinski definition) is 5. The molecule has 6 heteroatoms. The number of esters is 1. The van der Waals surface area contributed by atoms with Gasteiger partial charge in [-0.05, 0) is 25.3 Å². The first kappa shape index (κ1) is 18.4. The van der Waals surface area contributed by atoms with Gasteiger partial charge in [-0.15, -0.1) is 0 Å². The fraction of sp³-hybridized carbons (Fsp3) is 0.556. The number of carbonyl (C=O) groups excluding carboxylic acids is 2. The van der Waals surface area contributed by atoms with Crippen LogP contribution >= 0.6 is 0 Å². The van der Waals surface area contributed by atoms with E-state index < -0.39 is 11.3 Å². The van der Waals surface area contributed by atoms with Gasteiger partial charge in [-0.3, -0.25) is 9.59 Å². The van der Waals surface area contributed by atoms with Gasteiger partial charge in [0, 0.05) is 26.3 Å². The molecule has 2 rings (SSSR count). The van der Waals surface area contributed by atoms with E-state index in [1.165, 1.54) is 7.11 Å². The van der Waals surface area contributed by atoms with E-state index in [4.69, 9.17) is 15.2 Å². The van der Waals surface area contributed by atoms with Crippen LogP contribution in [0.15, 0.2) is 24.3 Å². The number of nitrogens with one attached hydrogen (secondary N) is 1. The molecule has 1 fully saturated rings. The lowest BCUT2D eigenvalue weighted by molar-refractivity contribution is -0.142. The van der Waals surface area contributed by atoms with Crippen LogP contribution in [0.5, 0.6) is 0 Å². The van der Waals surface area contributed by atoms with Crippen LogP contribution in [0, 0.1) is 12.3 Å². The molecule has 132 valence electrons. The Hall–Kier alpha value is -1.92. The molecule has 0 aliphatic carbocycles. The highest BCUT2D eigenvalue weighted by Crippen LogP contribution is 2.29. The van der Waals surface area contributed by atoms with Crippen LogP contribution in [0.1, 0.15) is 29.9 Å². The van der Waals surface area contributed by atoms with Crippen molar-refractivity contribution in [2.75, 3.05) is 33.4 Å². The van der Waals surface area contributed by atoms with Crippen molar-refractivity contribution in [1.29, 1.82) is 0 Å². The summed E-state index contributed by atoms with van der Waals surface area (Å²) in [5.41, 5.74) is 7.17. The number of rotatable bonds is 6. The number of carbonyl (C=O) groups is 2. The summed E-state index contributed by atoms with van der Waals surface area (Å²) in [5.74, 6) is -1.02. The van der Waals surface area contributed by atoms with Crippen LogP contribution in [0.2, 0.25) is 0 Å². The van der Waals surface area contributed by atoms with Gasteiger partial charge in [-0.2, -0.15) is 0 Å². The van der Waals surface area contributed by atoms with Crippen molar-refractivity contribution in [1.82, 2.24) is 5.32 Å². The minimum absolute atomic E-state index is 0.116. The van der Waals surface area contributed by atoms with Gasteiger partial charge in [0.25, 0.3) is 0 Å². The smallest absolute Gasteiger partial charge is 0.314 e. The molecule has 1 aliphatic rings. The third-order valence-electron chi connectivity index (χ3n) is 4.75. The molecule has 1 atom stereocenters. The summed E-state index contributed by atoms with van der Waals surface area (Å²) in [5, 5.41) is 2.90. The number of benzene rings is 1. The molecule has 1 unspecified atom stereocenters. The molecular formula is C18H26N2O4. The molecule has 1 heterocycles.